The highest BCUT2D eigenvalue weighted by atomic mass is 35.5. The number of Topliss-reactive ketones (excluding diaryl/α,β-unsaturated/α-hetero) is 1. The lowest BCUT2D eigenvalue weighted by Gasteiger charge is -2.27. The van der Waals surface area contributed by atoms with E-state index in [1.54, 1.807) is 18.3 Å². The zero-order chi connectivity index (χ0) is 33.5. The number of nitrogens with one attached hydrogen (secondary N) is 4. The number of benzene rings is 2. The van der Waals surface area contributed by atoms with Crippen LogP contribution < -0.4 is 26.0 Å². The standard InChI is InChI=1S/C28H24ClF6N5O5/c1-14-3-9-20(19(11-14)24(43)40-22-10-6-17(29)12-36-22)39-23(42)16-4-7-18(8-5-16)45-25(37-13-21(41)27(30,31)32)15(2)38-26(44)28(33,34)35/h3-12,15,25,37H,13H2,1-2H3,(H,38,44)(H,39,42)(H,36,40,43). The number of halogens is 7. The fourth-order valence-corrected chi connectivity index (χ4v) is 3.70. The molecule has 0 fully saturated rings. The molecule has 2 aromatic carbocycles. The number of ether oxygens (including phenoxy) is 1. The van der Waals surface area contributed by atoms with Crippen molar-refractivity contribution >= 4 is 46.6 Å². The second kappa shape index (κ2) is 14.4. The number of carbonyl (C=O) groups excluding carboxylic acids is 4. The summed E-state index contributed by atoms with van der Waals surface area (Å²) >= 11 is 5.81. The van der Waals surface area contributed by atoms with Crippen molar-refractivity contribution in [2.24, 2.45) is 0 Å². The Labute approximate surface area is 256 Å². The Morgan fingerprint density at radius 2 is 1.56 bits per heavy atom. The quantitative estimate of drug-likeness (QED) is 0.167. The van der Waals surface area contributed by atoms with E-state index < -0.39 is 54.7 Å². The average molecular weight is 660 g/mol. The lowest BCUT2D eigenvalue weighted by Crippen LogP contribution is -2.55. The second-order valence-electron chi connectivity index (χ2n) is 9.44. The Kier molecular flexibility index (Phi) is 11.1. The molecular weight excluding hydrogens is 636 g/mol. The molecule has 3 rings (SSSR count). The van der Waals surface area contributed by atoms with Crippen LogP contribution in [0.15, 0.2) is 60.8 Å². The molecule has 0 aliphatic rings. The number of hydrogen-bond acceptors (Lipinski definition) is 7. The molecule has 0 aliphatic heterocycles. The van der Waals surface area contributed by atoms with Gasteiger partial charge in [-0.25, -0.2) is 4.98 Å². The molecule has 240 valence electrons. The third-order valence-corrected chi connectivity index (χ3v) is 6.09. The number of aromatic nitrogens is 1. The lowest BCUT2D eigenvalue weighted by molar-refractivity contribution is -0.175. The average Bonchev–Trinajstić information content (AvgIpc) is 2.96. The van der Waals surface area contributed by atoms with Crippen molar-refractivity contribution in [3.63, 3.8) is 0 Å². The number of rotatable bonds is 11. The van der Waals surface area contributed by atoms with Crippen LogP contribution in [0.3, 0.4) is 0 Å². The maximum absolute atomic E-state index is 13.0. The molecule has 3 amide bonds. The molecule has 1 aromatic heterocycles. The molecule has 2 unspecified atom stereocenters. The summed E-state index contributed by atoms with van der Waals surface area (Å²) in [7, 11) is 0. The number of hydrogen-bond donors (Lipinski definition) is 4. The first-order chi connectivity index (χ1) is 20.9. The van der Waals surface area contributed by atoms with E-state index in [-0.39, 0.29) is 28.4 Å². The van der Waals surface area contributed by atoms with Crippen LogP contribution in [0.1, 0.15) is 33.2 Å². The maximum atomic E-state index is 13.0. The van der Waals surface area contributed by atoms with Crippen LogP contribution in [0, 0.1) is 6.92 Å². The topological polar surface area (TPSA) is 139 Å². The monoisotopic (exact) mass is 659 g/mol. The highest BCUT2D eigenvalue weighted by molar-refractivity contribution is 6.30. The number of nitrogens with zero attached hydrogens (tertiary/aromatic N) is 1. The minimum absolute atomic E-state index is 0.0313. The van der Waals surface area contributed by atoms with Gasteiger partial charge in [0.15, 0.2) is 6.23 Å². The predicted octanol–water partition coefficient (Wildman–Crippen LogP) is 5.04. The second-order valence-corrected chi connectivity index (χ2v) is 9.88. The van der Waals surface area contributed by atoms with Crippen LogP contribution in [0.4, 0.5) is 37.8 Å². The molecule has 17 heteroatoms. The van der Waals surface area contributed by atoms with E-state index in [4.69, 9.17) is 16.3 Å². The zero-order valence-corrected chi connectivity index (χ0v) is 24.0. The maximum Gasteiger partial charge on any atom is 0.471 e. The zero-order valence-electron chi connectivity index (χ0n) is 23.3. The fraction of sp³-hybridized carbons (Fsp3) is 0.250. The summed E-state index contributed by atoms with van der Waals surface area (Å²) in [6.45, 7) is 1.39. The number of aryl methyl sites for hydroxylation is 1. The third kappa shape index (κ3) is 10.2. The van der Waals surface area contributed by atoms with E-state index in [1.807, 2.05) is 5.32 Å². The van der Waals surface area contributed by atoms with Crippen molar-refractivity contribution < 1.29 is 50.3 Å². The molecule has 0 bridgehead atoms. The van der Waals surface area contributed by atoms with Crippen LogP contribution in [-0.4, -0.2) is 59.7 Å². The van der Waals surface area contributed by atoms with Gasteiger partial charge in [-0.2, -0.15) is 26.3 Å². The lowest BCUT2D eigenvalue weighted by atomic mass is 10.1. The summed E-state index contributed by atoms with van der Waals surface area (Å²) in [5.74, 6) is -5.80. The van der Waals surface area contributed by atoms with Crippen molar-refractivity contribution in [1.29, 1.82) is 0 Å². The van der Waals surface area contributed by atoms with E-state index in [2.05, 4.69) is 15.6 Å². The molecule has 0 saturated carbocycles. The van der Waals surface area contributed by atoms with Crippen LogP contribution in [0.2, 0.25) is 5.02 Å². The van der Waals surface area contributed by atoms with E-state index in [9.17, 15) is 45.5 Å². The Bertz CT molecular complexity index is 1550. The van der Waals surface area contributed by atoms with Crippen molar-refractivity contribution in [1.82, 2.24) is 15.6 Å². The highest BCUT2D eigenvalue weighted by Crippen LogP contribution is 2.22. The molecule has 10 nitrogen and oxygen atoms in total. The van der Waals surface area contributed by atoms with E-state index >= 15 is 0 Å². The van der Waals surface area contributed by atoms with Crippen molar-refractivity contribution in [3.05, 3.63) is 82.5 Å². The minimum atomic E-state index is -5.29. The summed E-state index contributed by atoms with van der Waals surface area (Å²) in [5, 5.41) is 9.14. The molecule has 0 spiro atoms. The number of alkyl halides is 6. The molecule has 4 N–H and O–H groups in total. The number of ketones is 1. The van der Waals surface area contributed by atoms with Crippen molar-refractivity contribution in [2.45, 2.75) is 38.5 Å². The molecule has 45 heavy (non-hydrogen) atoms. The molecule has 3 aromatic rings. The predicted molar refractivity (Wildman–Crippen MR) is 150 cm³/mol. The Hall–Kier alpha value is -4.70. The first-order valence-electron chi connectivity index (χ1n) is 12.8. The molecular formula is C28H24ClF6N5O5. The van der Waals surface area contributed by atoms with Gasteiger partial charge in [0.05, 0.1) is 28.9 Å². The minimum Gasteiger partial charge on any atom is -0.473 e. The van der Waals surface area contributed by atoms with Gasteiger partial charge in [0.2, 0.25) is 5.78 Å². The number of pyridine rings is 1. The van der Waals surface area contributed by atoms with E-state index in [1.165, 1.54) is 54.7 Å². The fourth-order valence-electron chi connectivity index (χ4n) is 3.59. The summed E-state index contributed by atoms with van der Waals surface area (Å²) in [4.78, 5) is 52.5. The summed E-state index contributed by atoms with van der Waals surface area (Å²) in [5.41, 5.74) is 0.996. The largest absolute Gasteiger partial charge is 0.473 e. The van der Waals surface area contributed by atoms with Gasteiger partial charge in [0.1, 0.15) is 11.6 Å². The molecule has 0 saturated heterocycles. The van der Waals surface area contributed by atoms with Crippen LogP contribution in [0.25, 0.3) is 0 Å². The Balaban J connectivity index is 1.74. The smallest absolute Gasteiger partial charge is 0.471 e. The van der Waals surface area contributed by atoms with Crippen LogP contribution >= 0.6 is 11.6 Å². The summed E-state index contributed by atoms with van der Waals surface area (Å²) < 4.78 is 81.5. The highest BCUT2D eigenvalue weighted by Gasteiger charge is 2.41. The Morgan fingerprint density at radius 1 is 0.889 bits per heavy atom. The van der Waals surface area contributed by atoms with Crippen molar-refractivity contribution in [2.75, 3.05) is 17.2 Å². The molecule has 2 atom stereocenters. The summed E-state index contributed by atoms with van der Waals surface area (Å²) in [6.07, 6.45) is -10.9. The van der Waals surface area contributed by atoms with E-state index in [0.29, 0.717) is 10.6 Å². The van der Waals surface area contributed by atoms with Crippen molar-refractivity contribution in [3.8, 4) is 5.75 Å². The van der Waals surface area contributed by atoms with Gasteiger partial charge in [-0.15, -0.1) is 0 Å². The molecule has 0 radical (unpaired) electrons. The molecule has 1 heterocycles. The SMILES string of the molecule is Cc1ccc(NC(=O)c2ccc(OC(NCC(=O)C(F)(F)F)C(C)NC(=O)C(F)(F)F)cc2)c(C(=O)Nc2ccc(Cl)cn2)c1. The van der Waals surface area contributed by atoms with Crippen LogP contribution in [-0.2, 0) is 9.59 Å². The van der Waals surface area contributed by atoms with Gasteiger partial charge in [0, 0.05) is 11.8 Å². The number of anilines is 2. The van der Waals surface area contributed by atoms with Gasteiger partial charge in [-0.3, -0.25) is 24.5 Å². The van der Waals surface area contributed by atoms with Gasteiger partial charge >= 0.3 is 18.3 Å². The molecule has 0 aliphatic carbocycles. The normalized spacial score (nSPS) is 12.9. The van der Waals surface area contributed by atoms with Gasteiger partial charge in [-0.05, 0) is 62.4 Å². The number of amides is 3. The third-order valence-electron chi connectivity index (χ3n) is 5.87. The van der Waals surface area contributed by atoms with Crippen LogP contribution in [0.5, 0.6) is 5.75 Å². The Morgan fingerprint density at radius 3 is 2.13 bits per heavy atom. The van der Waals surface area contributed by atoms with Gasteiger partial charge in [0.25, 0.3) is 11.8 Å². The first kappa shape index (κ1) is 34.8. The van der Waals surface area contributed by atoms with Gasteiger partial charge < -0.3 is 20.7 Å². The summed E-state index contributed by atoms with van der Waals surface area (Å²) in [6, 6.07) is 11.0. The van der Waals surface area contributed by atoms with E-state index in [0.717, 1.165) is 6.92 Å². The number of carbonyl (C=O) groups is 4. The van der Waals surface area contributed by atoms with Gasteiger partial charge in [-0.1, -0.05) is 23.2 Å². The first-order valence-corrected chi connectivity index (χ1v) is 13.1.